The van der Waals surface area contributed by atoms with Crippen LogP contribution >= 0.6 is 0 Å². The number of nitrogens with zero attached hydrogens (tertiary/aromatic N) is 1. The summed E-state index contributed by atoms with van der Waals surface area (Å²) in [6.07, 6.45) is 2.76. The number of hydrogen-bond donors (Lipinski definition) is 2. The van der Waals surface area contributed by atoms with E-state index in [1.165, 1.54) is 12.8 Å². The summed E-state index contributed by atoms with van der Waals surface area (Å²) in [5.74, 6) is 1.86. The van der Waals surface area contributed by atoms with Crippen molar-refractivity contribution in [3.8, 4) is 5.75 Å². The molecular weight excluding hydrogens is 278 g/mol. The molecule has 1 amide bonds. The van der Waals surface area contributed by atoms with Crippen LogP contribution in [0.4, 0.5) is 5.82 Å². The monoisotopic (exact) mass is 299 g/mol. The van der Waals surface area contributed by atoms with Crippen LogP contribution in [0.3, 0.4) is 0 Å². The molecule has 1 aliphatic carbocycles. The number of benzene rings is 1. The molecular formula is C17H21N3O2. The Kier molecular flexibility index (Phi) is 4.13. The second-order valence-corrected chi connectivity index (χ2v) is 5.98. The van der Waals surface area contributed by atoms with Gasteiger partial charge >= 0.3 is 0 Å². The molecule has 2 aromatic rings. The molecule has 0 radical (unpaired) electrons. The smallest absolute Gasteiger partial charge is 0.230 e. The number of rotatable bonds is 6. The molecule has 1 fully saturated rings. The molecule has 0 atom stereocenters. The summed E-state index contributed by atoms with van der Waals surface area (Å²) in [6, 6.07) is 9.55. The summed E-state index contributed by atoms with van der Waals surface area (Å²) in [4.78, 5) is 12.2. The molecule has 2 N–H and O–H groups in total. The molecule has 1 saturated carbocycles. The number of carbonyl (C=O) groups excluding carboxylic acids is 1. The number of hydrogen-bond acceptors (Lipinski definition) is 3. The minimum absolute atomic E-state index is 0.0802. The van der Waals surface area contributed by atoms with Gasteiger partial charge in [0.15, 0.2) is 5.82 Å². The van der Waals surface area contributed by atoms with Crippen molar-refractivity contribution < 1.29 is 9.53 Å². The van der Waals surface area contributed by atoms with Gasteiger partial charge in [0.2, 0.25) is 5.91 Å². The Labute approximate surface area is 130 Å². The number of carbonyl (C=O) groups is 1. The molecule has 0 aliphatic heterocycles. The Balaban J connectivity index is 1.63. The zero-order chi connectivity index (χ0) is 15.5. The summed E-state index contributed by atoms with van der Waals surface area (Å²) in [7, 11) is 0. The lowest BCUT2D eigenvalue weighted by Crippen LogP contribution is -2.16. The number of nitrogens with one attached hydrogen (secondary N) is 2. The largest absolute Gasteiger partial charge is 0.491 e. The van der Waals surface area contributed by atoms with Gasteiger partial charge in [-0.25, -0.2) is 0 Å². The second-order valence-electron chi connectivity index (χ2n) is 5.98. The Hall–Kier alpha value is -2.30. The molecule has 0 spiro atoms. The van der Waals surface area contributed by atoms with E-state index in [-0.39, 0.29) is 18.4 Å². The molecule has 0 bridgehead atoms. The van der Waals surface area contributed by atoms with Crippen molar-refractivity contribution in [2.24, 2.45) is 0 Å². The minimum atomic E-state index is -0.0892. The van der Waals surface area contributed by atoms with Crippen LogP contribution in [0.15, 0.2) is 30.3 Å². The van der Waals surface area contributed by atoms with Crippen LogP contribution in [-0.4, -0.2) is 22.2 Å². The maximum Gasteiger partial charge on any atom is 0.230 e. The first-order valence-electron chi connectivity index (χ1n) is 7.71. The average molecular weight is 299 g/mol. The summed E-state index contributed by atoms with van der Waals surface area (Å²) >= 11 is 0. The number of aromatic nitrogens is 2. The highest BCUT2D eigenvalue weighted by Gasteiger charge is 2.25. The van der Waals surface area contributed by atoms with Crippen molar-refractivity contribution in [1.82, 2.24) is 10.2 Å². The molecule has 1 aromatic heterocycles. The van der Waals surface area contributed by atoms with Crippen molar-refractivity contribution in [3.05, 3.63) is 41.6 Å². The van der Waals surface area contributed by atoms with Gasteiger partial charge in [0.25, 0.3) is 0 Å². The Morgan fingerprint density at radius 3 is 2.91 bits per heavy atom. The maximum atomic E-state index is 12.2. The fourth-order valence-electron chi connectivity index (χ4n) is 2.38. The van der Waals surface area contributed by atoms with E-state index in [1.807, 2.05) is 44.2 Å². The fraction of sp³-hybridized carbons (Fsp3) is 0.412. The van der Waals surface area contributed by atoms with Gasteiger partial charge in [-0.2, -0.15) is 5.10 Å². The topological polar surface area (TPSA) is 67.0 Å². The summed E-state index contributed by atoms with van der Waals surface area (Å²) < 4.78 is 5.74. The number of anilines is 1. The van der Waals surface area contributed by atoms with Gasteiger partial charge in [0.1, 0.15) is 5.75 Å². The minimum Gasteiger partial charge on any atom is -0.491 e. The van der Waals surface area contributed by atoms with Gasteiger partial charge in [-0.3, -0.25) is 9.89 Å². The van der Waals surface area contributed by atoms with Gasteiger partial charge in [-0.1, -0.05) is 18.2 Å². The fourth-order valence-corrected chi connectivity index (χ4v) is 2.38. The first-order valence-corrected chi connectivity index (χ1v) is 7.71. The normalized spacial score (nSPS) is 14.1. The van der Waals surface area contributed by atoms with Crippen LogP contribution in [0.5, 0.6) is 5.75 Å². The highest BCUT2D eigenvalue weighted by atomic mass is 16.5. The van der Waals surface area contributed by atoms with Crippen LogP contribution in [0.25, 0.3) is 0 Å². The lowest BCUT2D eigenvalue weighted by Gasteiger charge is -2.13. The summed E-state index contributed by atoms with van der Waals surface area (Å²) in [6.45, 7) is 3.94. The van der Waals surface area contributed by atoms with Crippen LogP contribution in [0.1, 0.15) is 43.9 Å². The predicted molar refractivity (Wildman–Crippen MR) is 85.1 cm³/mol. The number of para-hydroxylation sites is 1. The molecule has 1 aliphatic rings. The van der Waals surface area contributed by atoms with E-state index in [0.717, 1.165) is 17.0 Å². The lowest BCUT2D eigenvalue weighted by molar-refractivity contribution is -0.115. The van der Waals surface area contributed by atoms with Gasteiger partial charge in [-0.05, 0) is 32.8 Å². The number of H-pyrrole nitrogens is 1. The van der Waals surface area contributed by atoms with Crippen molar-refractivity contribution in [1.29, 1.82) is 0 Å². The average Bonchev–Trinajstić information content (AvgIpc) is 3.21. The lowest BCUT2D eigenvalue weighted by atomic mass is 10.1. The number of ether oxygens (including phenoxy) is 1. The third-order valence-electron chi connectivity index (χ3n) is 3.57. The van der Waals surface area contributed by atoms with E-state index in [2.05, 4.69) is 15.5 Å². The van der Waals surface area contributed by atoms with Crippen LogP contribution < -0.4 is 10.1 Å². The number of aromatic amines is 1. The van der Waals surface area contributed by atoms with Crippen molar-refractivity contribution in [3.63, 3.8) is 0 Å². The molecule has 22 heavy (non-hydrogen) atoms. The molecule has 5 heteroatoms. The molecule has 1 aromatic carbocycles. The maximum absolute atomic E-state index is 12.2. The third-order valence-corrected chi connectivity index (χ3v) is 3.57. The van der Waals surface area contributed by atoms with Crippen molar-refractivity contribution in [2.45, 2.75) is 45.1 Å². The second kappa shape index (κ2) is 6.22. The molecule has 1 heterocycles. The van der Waals surface area contributed by atoms with Gasteiger partial charge in [0, 0.05) is 23.2 Å². The van der Waals surface area contributed by atoms with Crippen LogP contribution in [-0.2, 0) is 11.2 Å². The van der Waals surface area contributed by atoms with Crippen molar-refractivity contribution in [2.75, 3.05) is 5.32 Å². The van der Waals surface area contributed by atoms with E-state index in [0.29, 0.717) is 11.7 Å². The Morgan fingerprint density at radius 2 is 2.18 bits per heavy atom. The van der Waals surface area contributed by atoms with Crippen LogP contribution in [0.2, 0.25) is 0 Å². The highest BCUT2D eigenvalue weighted by Crippen LogP contribution is 2.39. The van der Waals surface area contributed by atoms with Gasteiger partial charge in [-0.15, -0.1) is 0 Å². The Bertz CT molecular complexity index is 659. The van der Waals surface area contributed by atoms with E-state index in [9.17, 15) is 4.79 Å². The molecule has 0 saturated heterocycles. The molecule has 5 nitrogen and oxygen atoms in total. The van der Waals surface area contributed by atoms with E-state index < -0.39 is 0 Å². The zero-order valence-corrected chi connectivity index (χ0v) is 12.9. The van der Waals surface area contributed by atoms with Crippen LogP contribution in [0, 0.1) is 0 Å². The molecule has 0 unspecified atom stereocenters. The van der Waals surface area contributed by atoms with E-state index >= 15 is 0 Å². The molecule has 3 rings (SSSR count). The first-order chi connectivity index (χ1) is 10.6. The first kappa shape index (κ1) is 14.6. The predicted octanol–water partition coefficient (Wildman–Crippen LogP) is 3.26. The number of amides is 1. The van der Waals surface area contributed by atoms with Gasteiger partial charge < -0.3 is 10.1 Å². The standard InChI is InChI=1S/C17H21N3O2/c1-11(2)22-15-6-4-3-5-13(15)9-17(21)18-16-10-14(19-20-16)12-7-8-12/h3-6,10-12H,7-9H2,1-2H3,(H2,18,19,20,21). The van der Waals surface area contributed by atoms with Gasteiger partial charge in [0.05, 0.1) is 12.5 Å². The SMILES string of the molecule is CC(C)Oc1ccccc1CC(=O)Nc1cc(C2CC2)[nH]n1. The highest BCUT2D eigenvalue weighted by molar-refractivity contribution is 5.91. The summed E-state index contributed by atoms with van der Waals surface area (Å²) in [5, 5.41) is 9.96. The van der Waals surface area contributed by atoms with E-state index in [4.69, 9.17) is 4.74 Å². The Morgan fingerprint density at radius 1 is 1.41 bits per heavy atom. The quantitative estimate of drug-likeness (QED) is 0.860. The van der Waals surface area contributed by atoms with E-state index in [1.54, 1.807) is 0 Å². The summed E-state index contributed by atoms with van der Waals surface area (Å²) in [5.41, 5.74) is 1.99. The zero-order valence-electron chi connectivity index (χ0n) is 12.9. The molecule has 116 valence electrons. The third kappa shape index (κ3) is 3.67. The van der Waals surface area contributed by atoms with Crippen molar-refractivity contribution >= 4 is 11.7 Å².